The van der Waals surface area contributed by atoms with Crippen LogP contribution in [0.3, 0.4) is 0 Å². The molecule has 0 fully saturated rings. The lowest BCUT2D eigenvalue weighted by Gasteiger charge is -2.26. The first kappa shape index (κ1) is 14.6. The first-order valence-corrected chi connectivity index (χ1v) is 8.40. The van der Waals surface area contributed by atoms with Crippen LogP contribution < -0.4 is 10.1 Å². The molecule has 0 bridgehead atoms. The third kappa shape index (κ3) is 3.30. The molecule has 1 aliphatic heterocycles. The van der Waals surface area contributed by atoms with Gasteiger partial charge in [0.25, 0.3) is 0 Å². The van der Waals surface area contributed by atoms with Gasteiger partial charge in [-0.05, 0) is 23.6 Å². The van der Waals surface area contributed by atoms with Crippen LogP contribution in [-0.4, -0.2) is 6.61 Å². The van der Waals surface area contributed by atoms with E-state index in [1.165, 1.54) is 15.3 Å². The Labute approximate surface area is 131 Å². The number of para-hydroxylation sites is 1. The summed E-state index contributed by atoms with van der Waals surface area (Å²) >= 11 is 1.92. The lowest BCUT2D eigenvalue weighted by atomic mass is 9.95. The molecule has 2 nitrogen and oxygen atoms in total. The highest BCUT2D eigenvalue weighted by molar-refractivity contribution is 7.12. The molecule has 0 saturated heterocycles. The summed E-state index contributed by atoms with van der Waals surface area (Å²) in [6.45, 7) is 8.53. The van der Waals surface area contributed by atoms with Crippen molar-refractivity contribution < 1.29 is 4.74 Å². The van der Waals surface area contributed by atoms with E-state index in [1.54, 1.807) is 0 Å². The summed E-state index contributed by atoms with van der Waals surface area (Å²) in [7, 11) is 0. The van der Waals surface area contributed by atoms with Gasteiger partial charge in [0.2, 0.25) is 0 Å². The van der Waals surface area contributed by atoms with E-state index in [0.717, 1.165) is 25.3 Å². The van der Waals surface area contributed by atoms with Gasteiger partial charge in [0.1, 0.15) is 5.75 Å². The van der Waals surface area contributed by atoms with Gasteiger partial charge in [-0.1, -0.05) is 39.0 Å². The highest BCUT2D eigenvalue weighted by Crippen LogP contribution is 2.33. The van der Waals surface area contributed by atoms with E-state index >= 15 is 0 Å². The van der Waals surface area contributed by atoms with Crippen molar-refractivity contribution in [3.63, 3.8) is 0 Å². The fraction of sp³-hybridized carbons (Fsp3) is 0.444. The van der Waals surface area contributed by atoms with Crippen molar-refractivity contribution in [2.75, 3.05) is 6.61 Å². The van der Waals surface area contributed by atoms with Crippen LogP contribution in [-0.2, 0) is 12.0 Å². The van der Waals surface area contributed by atoms with E-state index < -0.39 is 0 Å². The van der Waals surface area contributed by atoms with Crippen molar-refractivity contribution in [3.05, 3.63) is 51.7 Å². The Morgan fingerprint density at radius 1 is 1.19 bits per heavy atom. The van der Waals surface area contributed by atoms with Gasteiger partial charge in [0.15, 0.2) is 0 Å². The molecule has 1 aromatic heterocycles. The topological polar surface area (TPSA) is 21.3 Å². The van der Waals surface area contributed by atoms with Gasteiger partial charge >= 0.3 is 0 Å². The molecule has 0 saturated carbocycles. The third-order valence-electron chi connectivity index (χ3n) is 3.88. The van der Waals surface area contributed by atoms with Gasteiger partial charge in [-0.25, -0.2) is 0 Å². The zero-order chi connectivity index (χ0) is 14.9. The minimum Gasteiger partial charge on any atom is -0.493 e. The second-order valence-electron chi connectivity index (χ2n) is 6.62. The highest BCUT2D eigenvalue weighted by Gasteiger charge is 2.21. The Balaban J connectivity index is 1.68. The first-order chi connectivity index (χ1) is 10.0. The van der Waals surface area contributed by atoms with E-state index in [0.29, 0.717) is 6.04 Å². The number of hydrogen-bond acceptors (Lipinski definition) is 3. The van der Waals surface area contributed by atoms with E-state index in [-0.39, 0.29) is 5.41 Å². The molecule has 1 aliphatic rings. The third-order valence-corrected chi connectivity index (χ3v) is 5.39. The monoisotopic (exact) mass is 301 g/mol. The van der Waals surface area contributed by atoms with Crippen molar-refractivity contribution in [1.29, 1.82) is 0 Å². The maximum atomic E-state index is 5.72. The fourth-order valence-electron chi connectivity index (χ4n) is 2.65. The number of thiophene rings is 1. The lowest BCUT2D eigenvalue weighted by molar-refractivity contribution is 0.252. The summed E-state index contributed by atoms with van der Waals surface area (Å²) in [5.74, 6) is 1.03. The van der Waals surface area contributed by atoms with E-state index in [1.807, 2.05) is 17.4 Å². The Kier molecular flexibility index (Phi) is 4.05. The molecule has 112 valence electrons. The molecular formula is C18H23NOS. The number of rotatable bonds is 3. The van der Waals surface area contributed by atoms with E-state index in [9.17, 15) is 0 Å². The lowest BCUT2D eigenvalue weighted by Crippen LogP contribution is -2.26. The van der Waals surface area contributed by atoms with Gasteiger partial charge in [0, 0.05) is 34.3 Å². The summed E-state index contributed by atoms with van der Waals surface area (Å²) in [5, 5.41) is 3.69. The smallest absolute Gasteiger partial charge is 0.124 e. The van der Waals surface area contributed by atoms with Gasteiger partial charge in [0.05, 0.1) is 6.61 Å². The molecule has 1 unspecified atom stereocenters. The molecule has 3 heteroatoms. The van der Waals surface area contributed by atoms with Gasteiger partial charge < -0.3 is 10.1 Å². The second-order valence-corrected chi connectivity index (χ2v) is 7.79. The summed E-state index contributed by atoms with van der Waals surface area (Å²) in [5.41, 5.74) is 1.53. The van der Waals surface area contributed by atoms with Crippen molar-refractivity contribution >= 4 is 11.3 Å². The second kappa shape index (κ2) is 5.82. The predicted molar refractivity (Wildman–Crippen MR) is 89.2 cm³/mol. The number of nitrogens with one attached hydrogen (secondary N) is 1. The van der Waals surface area contributed by atoms with Crippen molar-refractivity contribution in [3.8, 4) is 5.75 Å². The zero-order valence-corrected chi connectivity index (χ0v) is 13.8. The average molecular weight is 301 g/mol. The van der Waals surface area contributed by atoms with Crippen LogP contribution in [0.2, 0.25) is 0 Å². The van der Waals surface area contributed by atoms with Crippen LogP contribution in [0.1, 0.15) is 48.6 Å². The molecule has 0 radical (unpaired) electrons. The Bertz CT molecular complexity index is 612. The Hall–Kier alpha value is -1.32. The van der Waals surface area contributed by atoms with E-state index in [2.05, 4.69) is 56.4 Å². The molecule has 0 aliphatic carbocycles. The van der Waals surface area contributed by atoms with Crippen LogP contribution in [0.15, 0.2) is 36.4 Å². The van der Waals surface area contributed by atoms with E-state index in [4.69, 9.17) is 4.74 Å². The summed E-state index contributed by atoms with van der Waals surface area (Å²) in [6.07, 6.45) is 1.04. The molecule has 2 heterocycles. The highest BCUT2D eigenvalue weighted by atomic mass is 32.1. The molecule has 0 spiro atoms. The summed E-state index contributed by atoms with van der Waals surface area (Å²) in [6, 6.07) is 13.3. The number of benzene rings is 1. The van der Waals surface area contributed by atoms with Crippen LogP contribution in [0, 0.1) is 0 Å². The molecule has 0 amide bonds. The molecule has 21 heavy (non-hydrogen) atoms. The summed E-state index contributed by atoms with van der Waals surface area (Å²) < 4.78 is 5.72. The minimum atomic E-state index is 0.244. The maximum Gasteiger partial charge on any atom is 0.124 e. The molecule has 2 aromatic rings. The van der Waals surface area contributed by atoms with Crippen LogP contribution >= 0.6 is 11.3 Å². The Morgan fingerprint density at radius 3 is 2.76 bits per heavy atom. The standard InChI is InChI=1S/C18H23NOS/c1-18(2,3)17-9-8-13(21-17)12-19-15-10-11-20-16-7-5-4-6-14(15)16/h4-9,15,19H,10-12H2,1-3H3. The number of fused-ring (bicyclic) bond motifs is 1. The van der Waals surface area contributed by atoms with Crippen molar-refractivity contribution in [2.24, 2.45) is 0 Å². The van der Waals surface area contributed by atoms with Crippen LogP contribution in [0.5, 0.6) is 5.75 Å². The molecule has 1 atom stereocenters. The maximum absolute atomic E-state index is 5.72. The van der Waals surface area contributed by atoms with Gasteiger partial charge in [-0.2, -0.15) is 0 Å². The normalized spacial score (nSPS) is 18.1. The fourth-order valence-corrected chi connectivity index (χ4v) is 3.67. The zero-order valence-electron chi connectivity index (χ0n) is 13.0. The van der Waals surface area contributed by atoms with Gasteiger partial charge in [-0.3, -0.25) is 0 Å². The van der Waals surface area contributed by atoms with Crippen molar-refractivity contribution in [2.45, 2.75) is 45.2 Å². The Morgan fingerprint density at radius 2 is 2.00 bits per heavy atom. The SMILES string of the molecule is CC(C)(C)c1ccc(CNC2CCOc3ccccc32)s1. The molecule has 1 aromatic carbocycles. The minimum absolute atomic E-state index is 0.244. The largest absolute Gasteiger partial charge is 0.493 e. The predicted octanol–water partition coefficient (Wildman–Crippen LogP) is 4.66. The average Bonchev–Trinajstić information content (AvgIpc) is 2.94. The van der Waals surface area contributed by atoms with Crippen LogP contribution in [0.4, 0.5) is 0 Å². The number of hydrogen-bond donors (Lipinski definition) is 1. The summed E-state index contributed by atoms with van der Waals surface area (Å²) in [4.78, 5) is 2.86. The molecular weight excluding hydrogens is 278 g/mol. The van der Waals surface area contributed by atoms with Gasteiger partial charge in [-0.15, -0.1) is 11.3 Å². The quantitative estimate of drug-likeness (QED) is 0.890. The van der Waals surface area contributed by atoms with Crippen molar-refractivity contribution in [1.82, 2.24) is 5.32 Å². The van der Waals surface area contributed by atoms with Crippen LogP contribution in [0.25, 0.3) is 0 Å². The molecule has 1 N–H and O–H groups in total. The first-order valence-electron chi connectivity index (χ1n) is 7.58. The number of ether oxygens (including phenoxy) is 1. The molecule has 3 rings (SSSR count).